The van der Waals surface area contributed by atoms with Crippen LogP contribution in [0.2, 0.25) is 0 Å². The molecular weight excluding hydrogens is 341 g/mol. The summed E-state index contributed by atoms with van der Waals surface area (Å²) in [7, 11) is -1.91. The van der Waals surface area contributed by atoms with Gasteiger partial charge in [-0.15, -0.1) is 0 Å². The average molecular weight is 359 g/mol. The summed E-state index contributed by atoms with van der Waals surface area (Å²) in [5, 5.41) is 5.30. The van der Waals surface area contributed by atoms with E-state index >= 15 is 0 Å². The van der Waals surface area contributed by atoms with E-state index in [4.69, 9.17) is 0 Å². The van der Waals surface area contributed by atoms with E-state index in [1.807, 2.05) is 19.2 Å². The van der Waals surface area contributed by atoms with Crippen LogP contribution in [0.1, 0.15) is 18.0 Å². The lowest BCUT2D eigenvalue weighted by Crippen LogP contribution is -2.16. The Hall–Kier alpha value is -2.25. The Morgan fingerprint density at radius 2 is 1.96 bits per heavy atom. The Morgan fingerprint density at radius 1 is 1.16 bits per heavy atom. The molecule has 1 atom stereocenters. The van der Waals surface area contributed by atoms with Crippen molar-refractivity contribution >= 4 is 20.9 Å². The van der Waals surface area contributed by atoms with Crippen molar-refractivity contribution in [2.45, 2.75) is 17.2 Å². The number of rotatable bonds is 3. The molecule has 1 saturated heterocycles. The summed E-state index contributed by atoms with van der Waals surface area (Å²) >= 11 is 0. The van der Waals surface area contributed by atoms with Crippen molar-refractivity contribution < 1.29 is 12.8 Å². The number of hydrogen-bond acceptors (Lipinski definition) is 4. The van der Waals surface area contributed by atoms with Crippen LogP contribution in [0.25, 0.3) is 10.9 Å². The van der Waals surface area contributed by atoms with Crippen LogP contribution in [-0.2, 0) is 10.0 Å². The minimum Gasteiger partial charge on any atom is -0.306 e. The number of benzene rings is 2. The van der Waals surface area contributed by atoms with E-state index in [0.717, 1.165) is 40.7 Å². The molecule has 0 amide bonds. The maximum atomic E-state index is 13.5. The molecule has 0 radical (unpaired) electrons. The molecule has 0 spiro atoms. The van der Waals surface area contributed by atoms with Gasteiger partial charge in [-0.2, -0.15) is 17.6 Å². The Balaban J connectivity index is 1.91. The lowest BCUT2D eigenvalue weighted by atomic mass is 10.0. The fourth-order valence-corrected chi connectivity index (χ4v) is 4.76. The summed E-state index contributed by atoms with van der Waals surface area (Å²) in [4.78, 5) is 2.11. The molecule has 0 bridgehead atoms. The lowest BCUT2D eigenvalue weighted by molar-refractivity contribution is 0.411. The van der Waals surface area contributed by atoms with Gasteiger partial charge in [0.25, 0.3) is 10.0 Å². The van der Waals surface area contributed by atoms with Crippen molar-refractivity contribution in [3.8, 4) is 0 Å². The van der Waals surface area contributed by atoms with E-state index in [9.17, 15) is 12.8 Å². The molecule has 25 heavy (non-hydrogen) atoms. The summed E-state index contributed by atoms with van der Waals surface area (Å²) in [5.41, 5.74) is 1.32. The number of nitrogens with zero attached hydrogens (tertiary/aromatic N) is 3. The smallest absolute Gasteiger partial charge is 0.283 e. The normalized spacial score (nSPS) is 18.9. The minimum atomic E-state index is -3.96. The van der Waals surface area contributed by atoms with Crippen molar-refractivity contribution in [1.29, 1.82) is 0 Å². The predicted octanol–water partition coefficient (Wildman–Crippen LogP) is 2.83. The zero-order valence-electron chi connectivity index (χ0n) is 13.8. The van der Waals surface area contributed by atoms with Gasteiger partial charge in [0.15, 0.2) is 0 Å². The number of fused-ring (bicyclic) bond motifs is 1. The fraction of sp³-hybridized carbons (Fsp3) is 0.278. The first-order valence-corrected chi connectivity index (χ1v) is 9.58. The number of halogens is 1. The summed E-state index contributed by atoms with van der Waals surface area (Å²) < 4.78 is 40.6. The van der Waals surface area contributed by atoms with E-state index in [1.165, 1.54) is 18.2 Å². The van der Waals surface area contributed by atoms with Crippen molar-refractivity contribution in [2.75, 3.05) is 20.1 Å². The number of likely N-dealkylation sites (tertiary alicyclic amines) is 1. The highest BCUT2D eigenvalue weighted by molar-refractivity contribution is 7.90. The molecule has 5 nitrogen and oxygen atoms in total. The second-order valence-electron chi connectivity index (χ2n) is 6.46. The minimum absolute atomic E-state index is 0.101. The highest BCUT2D eigenvalue weighted by atomic mass is 32.2. The van der Waals surface area contributed by atoms with Gasteiger partial charge < -0.3 is 4.90 Å². The van der Waals surface area contributed by atoms with Crippen molar-refractivity contribution in [1.82, 2.24) is 14.1 Å². The summed E-state index contributed by atoms with van der Waals surface area (Å²) in [6, 6.07) is 12.3. The van der Waals surface area contributed by atoms with E-state index in [2.05, 4.69) is 10.00 Å². The van der Waals surface area contributed by atoms with E-state index < -0.39 is 15.8 Å². The molecule has 4 rings (SSSR count). The summed E-state index contributed by atoms with van der Waals surface area (Å²) in [6.45, 7) is 1.81. The van der Waals surface area contributed by atoms with Gasteiger partial charge in [-0.25, -0.2) is 4.39 Å². The Kier molecular flexibility index (Phi) is 3.85. The second kappa shape index (κ2) is 5.93. The Bertz CT molecular complexity index is 1050. The molecule has 1 aromatic heterocycles. The van der Waals surface area contributed by atoms with Gasteiger partial charge in [-0.1, -0.05) is 24.3 Å². The predicted molar refractivity (Wildman–Crippen MR) is 93.6 cm³/mol. The molecule has 1 fully saturated rings. The molecule has 0 aliphatic carbocycles. The SMILES string of the molecule is CN1CCC(c2nn(S(=O)(=O)c3cccc(F)c3)c3ccccc23)C1. The van der Waals surface area contributed by atoms with Gasteiger partial charge in [-0.05, 0) is 44.3 Å². The molecule has 7 heteroatoms. The van der Waals surface area contributed by atoms with E-state index in [1.54, 1.807) is 12.1 Å². The molecule has 1 unspecified atom stereocenters. The van der Waals surface area contributed by atoms with Crippen LogP contribution in [0, 0.1) is 5.82 Å². The van der Waals surface area contributed by atoms with E-state index in [-0.39, 0.29) is 10.8 Å². The highest BCUT2D eigenvalue weighted by Crippen LogP contribution is 2.32. The van der Waals surface area contributed by atoms with Crippen molar-refractivity contribution in [3.63, 3.8) is 0 Å². The Labute approximate surface area is 145 Å². The van der Waals surface area contributed by atoms with Crippen LogP contribution >= 0.6 is 0 Å². The maximum Gasteiger partial charge on any atom is 0.283 e. The number of aromatic nitrogens is 2. The third-order valence-corrected chi connectivity index (χ3v) is 6.27. The van der Waals surface area contributed by atoms with Crippen molar-refractivity contribution in [3.05, 3.63) is 60.0 Å². The molecule has 1 aliphatic heterocycles. The average Bonchev–Trinajstić information content (AvgIpc) is 3.18. The first kappa shape index (κ1) is 16.2. The highest BCUT2D eigenvalue weighted by Gasteiger charge is 2.29. The zero-order chi connectivity index (χ0) is 17.6. The van der Waals surface area contributed by atoms with Crippen LogP contribution in [0.15, 0.2) is 53.4 Å². The van der Waals surface area contributed by atoms with Crippen LogP contribution in [0.4, 0.5) is 4.39 Å². The van der Waals surface area contributed by atoms with Crippen molar-refractivity contribution in [2.24, 2.45) is 0 Å². The molecule has 2 heterocycles. The molecule has 2 aromatic carbocycles. The molecular formula is C18H18FN3O2S. The standard InChI is InChI=1S/C18H18FN3O2S/c1-21-10-9-13(12-21)18-16-7-2-3-8-17(16)22(20-18)25(23,24)15-6-4-5-14(19)11-15/h2-8,11,13H,9-10,12H2,1H3. The van der Waals surface area contributed by atoms with Gasteiger partial charge in [0.1, 0.15) is 5.82 Å². The van der Waals surface area contributed by atoms with Crippen LogP contribution in [0.5, 0.6) is 0 Å². The molecule has 0 N–H and O–H groups in total. The van der Waals surface area contributed by atoms with Gasteiger partial charge in [0.2, 0.25) is 0 Å². The third-order valence-electron chi connectivity index (χ3n) is 4.68. The Morgan fingerprint density at radius 3 is 2.68 bits per heavy atom. The first-order chi connectivity index (χ1) is 12.0. The number of hydrogen-bond donors (Lipinski definition) is 0. The van der Waals surface area contributed by atoms with Crippen LogP contribution < -0.4 is 0 Å². The van der Waals surface area contributed by atoms with Gasteiger partial charge >= 0.3 is 0 Å². The molecule has 0 saturated carbocycles. The number of para-hydroxylation sites is 1. The topological polar surface area (TPSA) is 55.2 Å². The fourth-order valence-electron chi connectivity index (χ4n) is 3.43. The third kappa shape index (κ3) is 2.73. The van der Waals surface area contributed by atoms with Crippen LogP contribution in [0.3, 0.4) is 0 Å². The first-order valence-electron chi connectivity index (χ1n) is 8.14. The van der Waals surface area contributed by atoms with E-state index in [0.29, 0.717) is 5.52 Å². The second-order valence-corrected chi connectivity index (χ2v) is 8.22. The quantitative estimate of drug-likeness (QED) is 0.722. The van der Waals surface area contributed by atoms with Gasteiger partial charge in [0, 0.05) is 17.8 Å². The van der Waals surface area contributed by atoms with Crippen LogP contribution in [-0.4, -0.2) is 42.6 Å². The largest absolute Gasteiger partial charge is 0.306 e. The summed E-state index contributed by atoms with van der Waals surface area (Å²) in [5.74, 6) is -0.394. The lowest BCUT2D eigenvalue weighted by Gasteiger charge is -2.08. The van der Waals surface area contributed by atoms with Gasteiger partial charge in [-0.3, -0.25) is 0 Å². The summed E-state index contributed by atoms with van der Waals surface area (Å²) in [6.07, 6.45) is 0.942. The molecule has 3 aromatic rings. The van der Waals surface area contributed by atoms with Gasteiger partial charge in [0.05, 0.1) is 16.1 Å². The molecule has 130 valence electrons. The zero-order valence-corrected chi connectivity index (χ0v) is 14.6. The molecule has 1 aliphatic rings. The monoisotopic (exact) mass is 359 g/mol. The number of likely N-dealkylation sites (N-methyl/N-ethyl adjacent to an activating group) is 1. The maximum absolute atomic E-state index is 13.5.